The fourth-order valence-corrected chi connectivity index (χ4v) is 2.30. The molecule has 0 bridgehead atoms. The Morgan fingerprint density at radius 2 is 1.65 bits per heavy atom. The first-order valence-electron chi connectivity index (χ1n) is 6.35. The van der Waals surface area contributed by atoms with Gasteiger partial charge in [-0.3, -0.25) is 4.79 Å². The molecular weight excluding hydrogens is 480 g/mol. The molecule has 0 saturated heterocycles. The second-order valence-corrected chi connectivity index (χ2v) is 5.03. The maximum absolute atomic E-state index is 10.4. The molecule has 116 valence electrons. The van der Waals surface area contributed by atoms with Crippen molar-refractivity contribution in [1.29, 1.82) is 0 Å². The molecule has 3 nitrogen and oxygen atoms in total. The standard InChI is InChI=1S/C14H19Cl2NO2.Pt/c15-8-10-17(11-9-16)13-6-4-12(5-7-13)2-1-3-14(18)19;/h4-7H,1-3,8-11H2,(H,18,19);. The van der Waals surface area contributed by atoms with Crippen molar-refractivity contribution in [2.24, 2.45) is 0 Å². The number of hydrogen-bond acceptors (Lipinski definition) is 2. The number of anilines is 1. The van der Waals surface area contributed by atoms with E-state index < -0.39 is 5.97 Å². The van der Waals surface area contributed by atoms with Crippen molar-refractivity contribution in [2.45, 2.75) is 19.3 Å². The second-order valence-electron chi connectivity index (χ2n) is 4.28. The minimum Gasteiger partial charge on any atom is -0.481 e. The van der Waals surface area contributed by atoms with Crippen molar-refractivity contribution in [1.82, 2.24) is 0 Å². The van der Waals surface area contributed by atoms with E-state index in [4.69, 9.17) is 28.3 Å². The number of alkyl halides is 2. The summed E-state index contributed by atoms with van der Waals surface area (Å²) in [6.07, 6.45) is 1.67. The van der Waals surface area contributed by atoms with E-state index in [0.717, 1.165) is 30.8 Å². The number of carbonyl (C=O) groups is 1. The first kappa shape index (κ1) is 19.8. The average molecular weight is 499 g/mol. The zero-order chi connectivity index (χ0) is 14.1. The van der Waals surface area contributed by atoms with Crippen LogP contribution >= 0.6 is 23.2 Å². The van der Waals surface area contributed by atoms with Crippen molar-refractivity contribution >= 4 is 34.9 Å². The van der Waals surface area contributed by atoms with E-state index in [1.807, 2.05) is 24.3 Å². The van der Waals surface area contributed by atoms with E-state index in [1.54, 1.807) is 0 Å². The molecule has 0 fully saturated rings. The number of aryl methyl sites for hydroxylation is 1. The number of hydrogen-bond donors (Lipinski definition) is 1. The number of nitrogens with zero attached hydrogens (tertiary/aromatic N) is 1. The molecule has 0 unspecified atom stereocenters. The first-order chi connectivity index (χ1) is 9.17. The summed E-state index contributed by atoms with van der Waals surface area (Å²) in [6.45, 7) is 1.54. The Balaban J connectivity index is 0.00000361. The summed E-state index contributed by atoms with van der Waals surface area (Å²) >= 11 is 11.5. The van der Waals surface area contributed by atoms with Gasteiger partial charge in [-0.15, -0.1) is 23.2 Å². The zero-order valence-corrected chi connectivity index (χ0v) is 14.9. The van der Waals surface area contributed by atoms with Crippen LogP contribution in [0.2, 0.25) is 0 Å². The molecule has 0 saturated carbocycles. The monoisotopic (exact) mass is 498 g/mol. The van der Waals surface area contributed by atoms with Gasteiger partial charge in [-0.25, -0.2) is 0 Å². The Morgan fingerprint density at radius 3 is 2.10 bits per heavy atom. The molecule has 0 aromatic heterocycles. The molecular formula is C14H19Cl2NO2Pt. The van der Waals surface area contributed by atoms with Gasteiger partial charge in [-0.05, 0) is 30.5 Å². The molecule has 0 amide bonds. The molecule has 6 heteroatoms. The van der Waals surface area contributed by atoms with Crippen molar-refractivity contribution < 1.29 is 31.0 Å². The third-order valence-corrected chi connectivity index (χ3v) is 3.20. The van der Waals surface area contributed by atoms with Crippen LogP contribution in [0.5, 0.6) is 0 Å². The summed E-state index contributed by atoms with van der Waals surface area (Å²) in [7, 11) is 0. The summed E-state index contributed by atoms with van der Waals surface area (Å²) in [5, 5.41) is 8.59. The SMILES string of the molecule is O=C(O)CCCc1ccc(N(CCCl)CCCl)cc1.[Pt]. The van der Waals surface area contributed by atoms with Gasteiger partial charge in [-0.1, -0.05) is 12.1 Å². The summed E-state index contributed by atoms with van der Waals surface area (Å²) in [6, 6.07) is 8.14. The van der Waals surface area contributed by atoms with Crippen LogP contribution in [0, 0.1) is 0 Å². The van der Waals surface area contributed by atoms with E-state index in [2.05, 4.69) is 4.90 Å². The van der Waals surface area contributed by atoms with Crippen molar-refractivity contribution in [3.63, 3.8) is 0 Å². The normalized spacial score (nSPS) is 9.90. The summed E-state index contributed by atoms with van der Waals surface area (Å²) in [4.78, 5) is 12.6. The maximum Gasteiger partial charge on any atom is 0.303 e. The minimum absolute atomic E-state index is 0. The van der Waals surface area contributed by atoms with Gasteiger partial charge >= 0.3 is 5.97 Å². The van der Waals surface area contributed by atoms with Crippen LogP contribution in [-0.2, 0) is 32.3 Å². The van der Waals surface area contributed by atoms with Crippen LogP contribution in [0.4, 0.5) is 5.69 Å². The largest absolute Gasteiger partial charge is 0.481 e. The van der Waals surface area contributed by atoms with Crippen LogP contribution in [0.15, 0.2) is 24.3 Å². The van der Waals surface area contributed by atoms with Gasteiger partial charge in [0.25, 0.3) is 0 Å². The zero-order valence-electron chi connectivity index (χ0n) is 11.1. The average Bonchev–Trinajstić information content (AvgIpc) is 2.39. The first-order valence-corrected chi connectivity index (χ1v) is 7.42. The molecule has 0 heterocycles. The van der Waals surface area contributed by atoms with Crippen LogP contribution < -0.4 is 4.90 Å². The minimum atomic E-state index is -0.743. The Kier molecular flexibility index (Phi) is 11.3. The molecule has 1 rings (SSSR count). The number of rotatable bonds is 9. The number of benzene rings is 1. The predicted molar refractivity (Wildman–Crippen MR) is 80.7 cm³/mol. The molecule has 1 N–H and O–H groups in total. The second kappa shape index (κ2) is 11.4. The van der Waals surface area contributed by atoms with E-state index in [-0.39, 0.29) is 27.5 Å². The van der Waals surface area contributed by atoms with E-state index in [0.29, 0.717) is 18.2 Å². The molecule has 0 spiro atoms. The molecule has 0 atom stereocenters. The van der Waals surface area contributed by atoms with Crippen LogP contribution in [0.3, 0.4) is 0 Å². The Morgan fingerprint density at radius 1 is 1.10 bits per heavy atom. The van der Waals surface area contributed by atoms with Crippen molar-refractivity contribution in [3.8, 4) is 0 Å². The van der Waals surface area contributed by atoms with Crippen molar-refractivity contribution in [2.75, 3.05) is 29.7 Å². The molecule has 0 aliphatic carbocycles. The molecule has 1 aromatic carbocycles. The summed E-state index contributed by atoms with van der Waals surface area (Å²) in [5.74, 6) is 0.390. The van der Waals surface area contributed by atoms with Crippen LogP contribution in [-0.4, -0.2) is 35.9 Å². The number of carboxylic acids is 1. The fourth-order valence-electron chi connectivity index (χ4n) is 1.89. The number of aliphatic carboxylic acids is 1. The van der Waals surface area contributed by atoms with Gasteiger partial charge in [0.05, 0.1) is 0 Å². The topological polar surface area (TPSA) is 40.5 Å². The smallest absolute Gasteiger partial charge is 0.303 e. The number of halogens is 2. The number of carboxylic acid groups (broad SMARTS) is 1. The van der Waals surface area contributed by atoms with Crippen molar-refractivity contribution in [3.05, 3.63) is 29.8 Å². The predicted octanol–water partition coefficient (Wildman–Crippen LogP) is 3.38. The summed E-state index contributed by atoms with van der Waals surface area (Å²) < 4.78 is 0. The van der Waals surface area contributed by atoms with Crippen LogP contribution in [0.1, 0.15) is 18.4 Å². The Bertz CT molecular complexity index is 381. The molecule has 0 radical (unpaired) electrons. The quantitative estimate of drug-likeness (QED) is 0.530. The maximum atomic E-state index is 10.4. The molecule has 1 aromatic rings. The van der Waals surface area contributed by atoms with E-state index >= 15 is 0 Å². The third-order valence-electron chi connectivity index (χ3n) is 2.87. The fraction of sp³-hybridized carbons (Fsp3) is 0.500. The van der Waals surface area contributed by atoms with Crippen LogP contribution in [0.25, 0.3) is 0 Å². The Hall–Kier alpha value is -0.242. The van der Waals surface area contributed by atoms with Gasteiger partial charge < -0.3 is 10.0 Å². The van der Waals surface area contributed by atoms with Gasteiger partial charge in [0.15, 0.2) is 0 Å². The summed E-state index contributed by atoms with van der Waals surface area (Å²) in [5.41, 5.74) is 2.25. The molecule has 0 aliphatic heterocycles. The Labute approximate surface area is 144 Å². The van der Waals surface area contributed by atoms with E-state index in [9.17, 15) is 4.79 Å². The van der Waals surface area contributed by atoms with Gasteiger partial charge in [-0.2, -0.15) is 0 Å². The van der Waals surface area contributed by atoms with Gasteiger partial charge in [0.1, 0.15) is 0 Å². The van der Waals surface area contributed by atoms with Gasteiger partial charge in [0, 0.05) is 58.0 Å². The third kappa shape index (κ3) is 7.52. The molecule has 20 heavy (non-hydrogen) atoms. The molecule has 0 aliphatic rings. The van der Waals surface area contributed by atoms with E-state index in [1.165, 1.54) is 0 Å². The van der Waals surface area contributed by atoms with Gasteiger partial charge in [0.2, 0.25) is 0 Å².